The quantitative estimate of drug-likeness (QED) is 0.439. The molecule has 0 spiro atoms. The fraction of sp³-hybridized carbons (Fsp3) is 1.00. The number of thiol groups is 3. The first-order valence-corrected chi connectivity index (χ1v) is 10.7. The Morgan fingerprint density at radius 2 is 1.17 bits per heavy atom. The summed E-state index contributed by atoms with van der Waals surface area (Å²) in [6.07, 6.45) is 7.03. The third-order valence-electron chi connectivity index (χ3n) is 1.94. The molecule has 0 aliphatic heterocycles. The van der Waals surface area contributed by atoms with E-state index < -0.39 is 4.21 Å². The molecular formula is C8H21PS3. The molecule has 0 rings (SSSR count). The van der Waals surface area contributed by atoms with Gasteiger partial charge in [-0.25, -0.2) is 0 Å². The van der Waals surface area contributed by atoms with Gasteiger partial charge in [0.25, 0.3) is 0 Å². The first-order chi connectivity index (χ1) is 5.39. The van der Waals surface area contributed by atoms with Crippen LogP contribution < -0.4 is 0 Å². The molecule has 0 aliphatic carbocycles. The van der Waals surface area contributed by atoms with Crippen LogP contribution in [0.25, 0.3) is 0 Å². The van der Waals surface area contributed by atoms with E-state index in [1.807, 2.05) is 0 Å². The van der Waals surface area contributed by atoms with Crippen molar-refractivity contribution < 1.29 is 0 Å². The Morgan fingerprint density at radius 3 is 1.42 bits per heavy atom. The van der Waals surface area contributed by atoms with Gasteiger partial charge in [0, 0.05) is 0 Å². The Morgan fingerprint density at radius 1 is 0.833 bits per heavy atom. The third kappa shape index (κ3) is 6.94. The monoisotopic (exact) mass is 244 g/mol. The average Bonchev–Trinajstić information content (AvgIpc) is 1.97. The molecule has 0 aromatic carbocycles. The van der Waals surface area contributed by atoms with Gasteiger partial charge in [0.1, 0.15) is 0 Å². The molecule has 12 heavy (non-hydrogen) atoms. The maximum absolute atomic E-state index is 4.67. The molecule has 0 unspecified atom stereocenters. The predicted molar refractivity (Wildman–Crippen MR) is 73.4 cm³/mol. The summed E-state index contributed by atoms with van der Waals surface area (Å²) in [6.45, 7) is 4.39. The van der Waals surface area contributed by atoms with Crippen LogP contribution in [0.1, 0.15) is 39.5 Å². The molecule has 0 aliphatic rings. The summed E-state index contributed by atoms with van der Waals surface area (Å²) in [4.78, 5) is 0. The summed E-state index contributed by atoms with van der Waals surface area (Å²) in [7, 11) is 0. The van der Waals surface area contributed by atoms with Gasteiger partial charge in [-0.2, -0.15) is 0 Å². The fourth-order valence-electron chi connectivity index (χ4n) is 1.08. The Kier molecular flexibility index (Phi) is 6.05. The van der Waals surface area contributed by atoms with Crippen molar-refractivity contribution in [3.8, 4) is 0 Å². The molecular weight excluding hydrogens is 223 g/mol. The van der Waals surface area contributed by atoms with Crippen LogP contribution in [0, 0.1) is 0 Å². The molecule has 0 heterocycles. The van der Waals surface area contributed by atoms with E-state index in [1.165, 1.54) is 25.7 Å². The molecule has 4 heteroatoms. The van der Waals surface area contributed by atoms with E-state index in [2.05, 4.69) is 50.6 Å². The van der Waals surface area contributed by atoms with Crippen molar-refractivity contribution in [1.82, 2.24) is 0 Å². The third-order valence-corrected chi connectivity index (χ3v) is 8.00. The molecule has 0 bridgehead atoms. The minimum atomic E-state index is -2.12. The van der Waals surface area contributed by atoms with Crippen LogP contribution in [0.4, 0.5) is 0 Å². The van der Waals surface area contributed by atoms with E-state index in [1.54, 1.807) is 0 Å². The van der Waals surface area contributed by atoms with Gasteiger partial charge >= 0.3 is 92.8 Å². The van der Waals surface area contributed by atoms with Crippen LogP contribution >= 0.6 is 41.0 Å². The molecule has 0 amide bonds. The number of hydrogen-bond acceptors (Lipinski definition) is 3. The van der Waals surface area contributed by atoms with Crippen LogP contribution in [0.15, 0.2) is 0 Å². The maximum atomic E-state index is 4.67. The van der Waals surface area contributed by atoms with E-state index in [0.29, 0.717) is 0 Å². The zero-order valence-corrected chi connectivity index (χ0v) is 11.6. The minimum absolute atomic E-state index is 1.09. The van der Waals surface area contributed by atoms with Crippen LogP contribution in [0.5, 0.6) is 0 Å². The van der Waals surface area contributed by atoms with Crippen molar-refractivity contribution in [3.05, 3.63) is 0 Å². The average molecular weight is 244 g/mol. The Bertz CT molecular complexity index is 116. The Balaban J connectivity index is 3.90. The van der Waals surface area contributed by atoms with Crippen molar-refractivity contribution >= 4 is 41.0 Å². The van der Waals surface area contributed by atoms with Gasteiger partial charge in [-0.05, 0) is 0 Å². The van der Waals surface area contributed by atoms with Crippen molar-refractivity contribution in [2.45, 2.75) is 39.5 Å². The second-order valence-electron chi connectivity index (χ2n) is 3.49. The molecule has 76 valence electrons. The second kappa shape index (κ2) is 5.38. The Hall–Kier alpha value is 1.48. The number of hydrogen-bond donors (Lipinski definition) is 3. The standard InChI is InChI=1S/C8H21PS3/c1-3-5-7-9(10,11,12)8-6-4-2/h10-12H,3-8H2,1-2H3. The number of unbranched alkanes of at least 4 members (excludes halogenated alkanes) is 2. The van der Waals surface area contributed by atoms with Gasteiger partial charge in [-0.15, -0.1) is 0 Å². The fourth-order valence-corrected chi connectivity index (χ4v) is 5.77. The summed E-state index contributed by atoms with van der Waals surface area (Å²) in [5.74, 6) is 0. The van der Waals surface area contributed by atoms with Crippen LogP contribution in [-0.2, 0) is 0 Å². The summed E-state index contributed by atoms with van der Waals surface area (Å²) in [6, 6.07) is 0. The molecule has 0 N–H and O–H groups in total. The zero-order chi connectivity index (χ0) is 9.69. The van der Waals surface area contributed by atoms with Crippen LogP contribution in [0.2, 0.25) is 0 Å². The van der Waals surface area contributed by atoms with Crippen molar-refractivity contribution in [2.24, 2.45) is 0 Å². The molecule has 0 radical (unpaired) electrons. The van der Waals surface area contributed by atoms with Crippen LogP contribution in [-0.4, -0.2) is 12.3 Å². The molecule has 0 aromatic heterocycles. The summed E-state index contributed by atoms with van der Waals surface area (Å²) in [5, 5.41) is 0. The summed E-state index contributed by atoms with van der Waals surface area (Å²) >= 11 is 14.0. The van der Waals surface area contributed by atoms with E-state index in [4.69, 9.17) is 0 Å². The van der Waals surface area contributed by atoms with Gasteiger partial charge in [0.15, 0.2) is 0 Å². The SMILES string of the molecule is CCCCP(S)(S)(S)CCCC. The zero-order valence-electron chi connectivity index (χ0n) is 8.03. The molecule has 0 atom stereocenters. The molecule has 0 aromatic rings. The topological polar surface area (TPSA) is 0 Å². The molecule has 0 fully saturated rings. The normalized spacial score (nSPS) is 15.6. The van der Waals surface area contributed by atoms with Crippen molar-refractivity contribution in [2.75, 3.05) is 12.3 Å². The van der Waals surface area contributed by atoms with Gasteiger partial charge in [0.05, 0.1) is 0 Å². The molecule has 0 saturated carbocycles. The van der Waals surface area contributed by atoms with E-state index in [0.717, 1.165) is 12.3 Å². The first kappa shape index (κ1) is 13.5. The Labute approximate surface area is 92.7 Å². The number of rotatable bonds is 6. The van der Waals surface area contributed by atoms with Crippen molar-refractivity contribution in [1.29, 1.82) is 0 Å². The summed E-state index contributed by atoms with van der Waals surface area (Å²) < 4.78 is -2.12. The molecule has 0 nitrogen and oxygen atoms in total. The van der Waals surface area contributed by atoms with Gasteiger partial charge in [0.2, 0.25) is 0 Å². The predicted octanol–water partition coefficient (Wildman–Crippen LogP) is 4.67. The second-order valence-corrected chi connectivity index (χ2v) is 18.6. The van der Waals surface area contributed by atoms with E-state index >= 15 is 0 Å². The van der Waals surface area contributed by atoms with Gasteiger partial charge < -0.3 is 0 Å². The molecule has 0 saturated heterocycles. The van der Waals surface area contributed by atoms with E-state index in [-0.39, 0.29) is 0 Å². The van der Waals surface area contributed by atoms with E-state index in [9.17, 15) is 0 Å². The van der Waals surface area contributed by atoms with Gasteiger partial charge in [-0.1, -0.05) is 0 Å². The summed E-state index contributed by atoms with van der Waals surface area (Å²) in [5.41, 5.74) is 0. The van der Waals surface area contributed by atoms with Crippen molar-refractivity contribution in [3.63, 3.8) is 0 Å². The van der Waals surface area contributed by atoms with Gasteiger partial charge in [-0.3, -0.25) is 0 Å². The van der Waals surface area contributed by atoms with Crippen LogP contribution in [0.3, 0.4) is 0 Å². The first-order valence-electron chi connectivity index (χ1n) is 4.65.